The number of rotatable bonds is 2. The third kappa shape index (κ3) is 2.07. The molecule has 1 aromatic rings. The molecule has 3 nitrogen and oxygen atoms in total. The second kappa shape index (κ2) is 4.38. The molecule has 0 unspecified atom stereocenters. The van der Waals surface area contributed by atoms with E-state index < -0.39 is 0 Å². The summed E-state index contributed by atoms with van der Waals surface area (Å²) in [4.78, 5) is 3.79. The van der Waals surface area contributed by atoms with Crippen molar-refractivity contribution < 1.29 is 9.47 Å². The van der Waals surface area contributed by atoms with Gasteiger partial charge in [-0.3, -0.25) is 4.90 Å². The summed E-state index contributed by atoms with van der Waals surface area (Å²) in [5.41, 5.74) is 0. The lowest BCUT2D eigenvalue weighted by Crippen LogP contribution is -2.33. The Labute approximate surface area is 107 Å². The molecule has 16 heavy (non-hydrogen) atoms. The fourth-order valence-corrected chi connectivity index (χ4v) is 3.85. The molecule has 2 fully saturated rings. The predicted octanol–water partition coefficient (Wildman–Crippen LogP) is 2.46. The maximum atomic E-state index is 5.71. The van der Waals surface area contributed by atoms with Crippen molar-refractivity contribution in [3.05, 3.63) is 20.8 Å². The first-order chi connectivity index (χ1) is 7.77. The number of thiophene rings is 1. The summed E-state index contributed by atoms with van der Waals surface area (Å²) in [5, 5.41) is 2.12. The molecule has 88 valence electrons. The zero-order valence-corrected chi connectivity index (χ0v) is 11.3. The van der Waals surface area contributed by atoms with Crippen LogP contribution in [0.2, 0.25) is 0 Å². The molecule has 0 radical (unpaired) electrons. The molecule has 0 aromatic carbocycles. The van der Waals surface area contributed by atoms with E-state index in [-0.39, 0.29) is 5.79 Å². The minimum Gasteiger partial charge on any atom is -0.346 e. The van der Waals surface area contributed by atoms with Crippen LogP contribution in [0.1, 0.15) is 11.3 Å². The predicted molar refractivity (Wildman–Crippen MR) is 66.5 cm³/mol. The van der Waals surface area contributed by atoms with E-state index in [1.807, 2.05) is 0 Å². The summed E-state index contributed by atoms with van der Waals surface area (Å²) in [6.07, 6.45) is 0.996. The van der Waals surface area contributed by atoms with Crippen LogP contribution in [0.4, 0.5) is 0 Å². The molecule has 1 aromatic heterocycles. The van der Waals surface area contributed by atoms with Crippen molar-refractivity contribution in [3.8, 4) is 0 Å². The van der Waals surface area contributed by atoms with Gasteiger partial charge in [-0.05, 0) is 27.4 Å². The Bertz CT molecular complexity index is 376. The van der Waals surface area contributed by atoms with Crippen LogP contribution in [0.3, 0.4) is 0 Å². The Morgan fingerprint density at radius 2 is 2.25 bits per heavy atom. The van der Waals surface area contributed by atoms with Crippen molar-refractivity contribution in [2.45, 2.75) is 18.8 Å². The standard InChI is InChI=1S/C11H14BrNO2S/c12-9-1-6-16-10(9)7-13-3-2-11(8-13)14-4-5-15-11/h1,6H,2-5,7-8H2. The lowest BCUT2D eigenvalue weighted by molar-refractivity contribution is -0.145. The minimum absolute atomic E-state index is 0.288. The van der Waals surface area contributed by atoms with Crippen LogP contribution in [-0.4, -0.2) is 37.0 Å². The SMILES string of the molecule is Brc1ccsc1CN1CCC2(C1)OCCO2. The number of nitrogens with zero attached hydrogens (tertiary/aromatic N) is 1. The highest BCUT2D eigenvalue weighted by Crippen LogP contribution is 2.33. The third-order valence-corrected chi connectivity index (χ3v) is 5.06. The third-order valence-electron chi connectivity index (χ3n) is 3.15. The molecule has 1 spiro atoms. The van der Waals surface area contributed by atoms with Gasteiger partial charge in [-0.25, -0.2) is 0 Å². The van der Waals surface area contributed by atoms with E-state index in [0.717, 1.165) is 39.3 Å². The molecule has 0 atom stereocenters. The van der Waals surface area contributed by atoms with Crippen molar-refractivity contribution >= 4 is 27.3 Å². The molecule has 2 aliphatic heterocycles. The Morgan fingerprint density at radius 1 is 1.44 bits per heavy atom. The fraction of sp³-hybridized carbons (Fsp3) is 0.636. The summed E-state index contributed by atoms with van der Waals surface area (Å²) in [6.45, 7) is 4.45. The minimum atomic E-state index is -0.288. The fourth-order valence-electron chi connectivity index (χ4n) is 2.34. The van der Waals surface area contributed by atoms with Gasteiger partial charge in [0.15, 0.2) is 5.79 Å². The average molecular weight is 304 g/mol. The number of hydrogen-bond acceptors (Lipinski definition) is 4. The first-order valence-electron chi connectivity index (χ1n) is 5.50. The molecular formula is C11H14BrNO2S. The molecular weight excluding hydrogens is 290 g/mol. The molecule has 2 aliphatic rings. The second-order valence-corrected chi connectivity index (χ2v) is 6.11. The zero-order chi connectivity index (χ0) is 11.0. The van der Waals surface area contributed by atoms with Gasteiger partial charge >= 0.3 is 0 Å². The summed E-state index contributed by atoms with van der Waals surface area (Å²) in [7, 11) is 0. The maximum absolute atomic E-state index is 5.71. The van der Waals surface area contributed by atoms with E-state index in [0.29, 0.717) is 0 Å². The average Bonchev–Trinajstić information content (AvgIpc) is 2.96. The summed E-state index contributed by atoms with van der Waals surface area (Å²) in [5.74, 6) is -0.288. The highest BCUT2D eigenvalue weighted by molar-refractivity contribution is 9.10. The topological polar surface area (TPSA) is 21.7 Å². The quantitative estimate of drug-likeness (QED) is 0.838. The Balaban J connectivity index is 1.64. The largest absolute Gasteiger partial charge is 0.346 e. The van der Waals surface area contributed by atoms with Gasteiger partial charge in [-0.1, -0.05) is 0 Å². The van der Waals surface area contributed by atoms with Crippen LogP contribution < -0.4 is 0 Å². The highest BCUT2D eigenvalue weighted by Gasteiger charge is 2.43. The molecule has 3 heterocycles. The first kappa shape index (κ1) is 11.2. The zero-order valence-electron chi connectivity index (χ0n) is 8.95. The van der Waals surface area contributed by atoms with E-state index in [1.54, 1.807) is 11.3 Å². The molecule has 0 aliphatic carbocycles. The van der Waals surface area contributed by atoms with Crippen LogP contribution in [0.15, 0.2) is 15.9 Å². The maximum Gasteiger partial charge on any atom is 0.182 e. The number of hydrogen-bond donors (Lipinski definition) is 0. The lowest BCUT2D eigenvalue weighted by atomic mass is 10.2. The van der Waals surface area contributed by atoms with Gasteiger partial charge in [0.25, 0.3) is 0 Å². The van der Waals surface area contributed by atoms with E-state index in [4.69, 9.17) is 9.47 Å². The van der Waals surface area contributed by atoms with Crippen molar-refractivity contribution in [3.63, 3.8) is 0 Å². The summed E-state index contributed by atoms with van der Waals surface area (Å²) < 4.78 is 12.6. The number of ether oxygens (including phenoxy) is 2. The Kier molecular flexibility index (Phi) is 3.06. The van der Waals surface area contributed by atoms with Gasteiger partial charge in [-0.15, -0.1) is 11.3 Å². The molecule has 5 heteroatoms. The van der Waals surface area contributed by atoms with Gasteiger partial charge < -0.3 is 9.47 Å². The van der Waals surface area contributed by atoms with Crippen molar-refractivity contribution in [2.75, 3.05) is 26.3 Å². The second-order valence-electron chi connectivity index (χ2n) is 4.26. The van der Waals surface area contributed by atoms with Crippen molar-refractivity contribution in [1.82, 2.24) is 4.90 Å². The van der Waals surface area contributed by atoms with Crippen LogP contribution in [0.5, 0.6) is 0 Å². The van der Waals surface area contributed by atoms with Crippen molar-refractivity contribution in [2.24, 2.45) is 0 Å². The van der Waals surface area contributed by atoms with Crippen LogP contribution >= 0.6 is 27.3 Å². The summed E-state index contributed by atoms with van der Waals surface area (Å²) >= 11 is 5.37. The van der Waals surface area contributed by atoms with Gasteiger partial charge in [0.1, 0.15) is 0 Å². The van der Waals surface area contributed by atoms with E-state index in [1.165, 1.54) is 9.35 Å². The van der Waals surface area contributed by atoms with Gasteiger partial charge in [0.2, 0.25) is 0 Å². The van der Waals surface area contributed by atoms with Gasteiger partial charge in [-0.2, -0.15) is 0 Å². The molecule has 0 N–H and O–H groups in total. The normalized spacial score (nSPS) is 24.6. The Morgan fingerprint density at radius 3 is 2.94 bits per heavy atom. The first-order valence-corrected chi connectivity index (χ1v) is 7.17. The van der Waals surface area contributed by atoms with Gasteiger partial charge in [0.05, 0.1) is 19.8 Å². The molecule has 3 rings (SSSR count). The summed E-state index contributed by atoms with van der Waals surface area (Å²) in [6, 6.07) is 2.11. The van der Waals surface area contributed by atoms with E-state index in [2.05, 4.69) is 32.3 Å². The number of halogens is 1. The molecule has 2 saturated heterocycles. The smallest absolute Gasteiger partial charge is 0.182 e. The Hall–Kier alpha value is 0.0600. The lowest BCUT2D eigenvalue weighted by Gasteiger charge is -2.22. The monoisotopic (exact) mass is 303 g/mol. The molecule has 0 saturated carbocycles. The van der Waals surface area contributed by atoms with E-state index in [9.17, 15) is 0 Å². The van der Waals surface area contributed by atoms with Crippen LogP contribution in [0.25, 0.3) is 0 Å². The van der Waals surface area contributed by atoms with Crippen LogP contribution in [0, 0.1) is 0 Å². The molecule has 0 bridgehead atoms. The van der Waals surface area contributed by atoms with Crippen LogP contribution in [-0.2, 0) is 16.0 Å². The number of likely N-dealkylation sites (tertiary alicyclic amines) is 1. The van der Waals surface area contributed by atoms with Gasteiger partial charge in [0, 0.05) is 28.9 Å². The molecule has 0 amide bonds. The van der Waals surface area contributed by atoms with Crippen molar-refractivity contribution in [1.29, 1.82) is 0 Å². The highest BCUT2D eigenvalue weighted by atomic mass is 79.9. The van der Waals surface area contributed by atoms with E-state index >= 15 is 0 Å².